The molecule has 1 saturated carbocycles. The molecule has 1 N–H and O–H groups in total. The number of anilines is 1. The van der Waals surface area contributed by atoms with Crippen molar-refractivity contribution >= 4 is 23.3 Å². The van der Waals surface area contributed by atoms with Crippen LogP contribution < -0.4 is 15.0 Å². The normalized spacial score (nSPS) is 18.6. The van der Waals surface area contributed by atoms with Gasteiger partial charge in [0.25, 0.3) is 5.91 Å². The summed E-state index contributed by atoms with van der Waals surface area (Å²) < 4.78 is 10.9. The van der Waals surface area contributed by atoms with E-state index in [1.807, 2.05) is 6.92 Å². The zero-order chi connectivity index (χ0) is 19.0. The molecule has 7 nitrogen and oxygen atoms in total. The Kier molecular flexibility index (Phi) is 4.43. The van der Waals surface area contributed by atoms with Gasteiger partial charge in [-0.1, -0.05) is 6.92 Å². The van der Waals surface area contributed by atoms with Crippen molar-refractivity contribution in [3.63, 3.8) is 0 Å². The van der Waals surface area contributed by atoms with Gasteiger partial charge >= 0.3 is 0 Å². The lowest BCUT2D eigenvalue weighted by Gasteiger charge is -2.34. The van der Waals surface area contributed by atoms with Gasteiger partial charge in [-0.05, 0) is 49.6 Å². The van der Waals surface area contributed by atoms with Crippen LogP contribution in [0.4, 0.5) is 5.69 Å². The molecule has 1 aromatic carbocycles. The van der Waals surface area contributed by atoms with Crippen LogP contribution in [0.2, 0.25) is 0 Å². The van der Waals surface area contributed by atoms with Crippen LogP contribution in [0.1, 0.15) is 42.3 Å². The van der Waals surface area contributed by atoms with Gasteiger partial charge in [0.15, 0.2) is 11.9 Å². The van der Waals surface area contributed by atoms with Crippen LogP contribution in [0.5, 0.6) is 5.75 Å². The zero-order valence-electron chi connectivity index (χ0n) is 14.9. The summed E-state index contributed by atoms with van der Waals surface area (Å²) in [7, 11) is 0. The van der Waals surface area contributed by atoms with Crippen molar-refractivity contribution in [3.05, 3.63) is 47.9 Å². The highest BCUT2D eigenvalue weighted by atomic mass is 16.5. The lowest BCUT2D eigenvalue weighted by Crippen LogP contribution is -2.49. The molecule has 1 atom stereocenters. The molecule has 0 unspecified atom stereocenters. The molecule has 1 fully saturated rings. The highest BCUT2D eigenvalue weighted by Gasteiger charge is 2.36. The Morgan fingerprint density at radius 1 is 1.26 bits per heavy atom. The molecule has 7 heteroatoms. The van der Waals surface area contributed by atoms with Crippen molar-refractivity contribution in [1.82, 2.24) is 5.32 Å². The molecule has 2 aromatic rings. The molecule has 0 spiro atoms. The van der Waals surface area contributed by atoms with Gasteiger partial charge in [0.05, 0.1) is 12.0 Å². The summed E-state index contributed by atoms with van der Waals surface area (Å²) in [6.45, 7) is 1.76. The van der Waals surface area contributed by atoms with Gasteiger partial charge in [0.2, 0.25) is 11.7 Å². The summed E-state index contributed by atoms with van der Waals surface area (Å²) in [4.78, 5) is 39.0. The molecule has 140 valence electrons. The number of nitrogens with one attached hydrogen (secondary N) is 1. The molecule has 1 aliphatic heterocycles. The minimum atomic E-state index is -0.641. The van der Waals surface area contributed by atoms with Gasteiger partial charge in [0.1, 0.15) is 12.3 Å². The molecule has 4 rings (SSSR count). The first-order chi connectivity index (χ1) is 13.1. The third-order valence-corrected chi connectivity index (χ3v) is 4.68. The maximum Gasteiger partial charge on any atom is 0.268 e. The smallest absolute Gasteiger partial charge is 0.268 e. The standard InChI is InChI=1S/C20H20N2O5/c1-2-15-20(25)22(11-18(23)21-13-6-7-13)14-10-12(5-8-16(14)27-15)19(24)17-4-3-9-26-17/h3-5,8-10,13,15H,2,6-7,11H2,1H3,(H,21,23)/t15-/m1/s1. The maximum absolute atomic E-state index is 12.8. The second-order valence-corrected chi connectivity index (χ2v) is 6.77. The van der Waals surface area contributed by atoms with E-state index in [4.69, 9.17) is 9.15 Å². The largest absolute Gasteiger partial charge is 0.478 e. The molecular weight excluding hydrogens is 348 g/mol. The quantitative estimate of drug-likeness (QED) is 0.791. The number of carbonyl (C=O) groups excluding carboxylic acids is 3. The van der Waals surface area contributed by atoms with E-state index in [2.05, 4.69) is 5.32 Å². The molecule has 1 aromatic heterocycles. The fraction of sp³-hybridized carbons (Fsp3) is 0.350. The second-order valence-electron chi connectivity index (χ2n) is 6.77. The van der Waals surface area contributed by atoms with Crippen LogP contribution in [0.3, 0.4) is 0 Å². The summed E-state index contributed by atoms with van der Waals surface area (Å²) in [6, 6.07) is 8.30. The van der Waals surface area contributed by atoms with E-state index in [9.17, 15) is 14.4 Å². The first-order valence-electron chi connectivity index (χ1n) is 9.06. The number of benzene rings is 1. The number of hydrogen-bond acceptors (Lipinski definition) is 5. The van der Waals surface area contributed by atoms with E-state index in [0.29, 0.717) is 23.4 Å². The van der Waals surface area contributed by atoms with Crippen molar-refractivity contribution in [3.8, 4) is 5.75 Å². The Balaban J connectivity index is 1.66. The van der Waals surface area contributed by atoms with Crippen molar-refractivity contribution < 1.29 is 23.5 Å². The number of amides is 2. The van der Waals surface area contributed by atoms with Crippen molar-refractivity contribution in [2.45, 2.75) is 38.3 Å². The molecule has 0 bridgehead atoms. The summed E-state index contributed by atoms with van der Waals surface area (Å²) >= 11 is 0. The highest BCUT2D eigenvalue weighted by Crippen LogP contribution is 2.36. The van der Waals surface area contributed by atoms with Crippen molar-refractivity contribution in [2.24, 2.45) is 0 Å². The lowest BCUT2D eigenvalue weighted by atomic mass is 10.0. The Morgan fingerprint density at radius 2 is 2.07 bits per heavy atom. The molecule has 1 aliphatic carbocycles. The van der Waals surface area contributed by atoms with Crippen LogP contribution >= 0.6 is 0 Å². The van der Waals surface area contributed by atoms with Gasteiger partial charge in [-0.2, -0.15) is 0 Å². The number of furan rings is 1. The summed E-state index contributed by atoms with van der Waals surface area (Å²) in [5.41, 5.74) is 0.788. The minimum absolute atomic E-state index is 0.0966. The van der Waals surface area contributed by atoms with Gasteiger partial charge in [-0.15, -0.1) is 0 Å². The van der Waals surface area contributed by atoms with E-state index >= 15 is 0 Å². The summed E-state index contributed by atoms with van der Waals surface area (Å²) in [6.07, 6.45) is 3.22. The molecule has 27 heavy (non-hydrogen) atoms. The number of ether oxygens (including phenoxy) is 1. The Morgan fingerprint density at radius 3 is 2.74 bits per heavy atom. The summed E-state index contributed by atoms with van der Waals surface area (Å²) in [5.74, 6) is -0.0933. The van der Waals surface area contributed by atoms with E-state index in [-0.39, 0.29) is 35.9 Å². The van der Waals surface area contributed by atoms with E-state index in [1.165, 1.54) is 11.2 Å². The van der Waals surface area contributed by atoms with E-state index in [1.54, 1.807) is 30.3 Å². The summed E-state index contributed by atoms with van der Waals surface area (Å²) in [5, 5.41) is 2.89. The fourth-order valence-corrected chi connectivity index (χ4v) is 3.08. The molecule has 0 radical (unpaired) electrons. The fourth-order valence-electron chi connectivity index (χ4n) is 3.08. The number of nitrogens with zero attached hydrogens (tertiary/aromatic N) is 1. The first-order valence-corrected chi connectivity index (χ1v) is 9.06. The van der Waals surface area contributed by atoms with E-state index < -0.39 is 6.10 Å². The number of carbonyl (C=O) groups is 3. The average molecular weight is 368 g/mol. The first kappa shape index (κ1) is 17.3. The number of rotatable bonds is 6. The van der Waals surface area contributed by atoms with Gasteiger partial charge in [-0.25, -0.2) is 0 Å². The molecular formula is C20H20N2O5. The highest BCUT2D eigenvalue weighted by molar-refractivity contribution is 6.10. The number of hydrogen-bond donors (Lipinski definition) is 1. The lowest BCUT2D eigenvalue weighted by molar-refractivity contribution is -0.129. The predicted octanol–water partition coefficient (Wildman–Crippen LogP) is 2.29. The predicted molar refractivity (Wildman–Crippen MR) is 96.8 cm³/mol. The molecule has 2 aliphatic rings. The van der Waals surface area contributed by atoms with E-state index in [0.717, 1.165) is 12.8 Å². The van der Waals surface area contributed by atoms with Crippen LogP contribution in [0, 0.1) is 0 Å². The molecule has 2 heterocycles. The SMILES string of the molecule is CC[C@H]1Oc2ccc(C(=O)c3ccco3)cc2N(CC(=O)NC2CC2)C1=O. The Bertz CT molecular complexity index is 886. The van der Waals surface area contributed by atoms with Crippen LogP contribution in [-0.2, 0) is 9.59 Å². The third-order valence-electron chi connectivity index (χ3n) is 4.68. The molecule has 2 amide bonds. The Labute approximate surface area is 156 Å². The van der Waals surface area contributed by atoms with Crippen molar-refractivity contribution in [1.29, 1.82) is 0 Å². The average Bonchev–Trinajstić information content (AvgIpc) is 3.31. The van der Waals surface area contributed by atoms with Gasteiger partial charge < -0.3 is 14.5 Å². The Hall–Kier alpha value is -3.09. The molecule has 0 saturated heterocycles. The third kappa shape index (κ3) is 3.45. The van der Waals surface area contributed by atoms with Crippen LogP contribution in [0.15, 0.2) is 41.0 Å². The maximum atomic E-state index is 12.8. The van der Waals surface area contributed by atoms with Gasteiger partial charge in [0, 0.05) is 11.6 Å². The monoisotopic (exact) mass is 368 g/mol. The van der Waals surface area contributed by atoms with Crippen molar-refractivity contribution in [2.75, 3.05) is 11.4 Å². The number of fused-ring (bicyclic) bond motifs is 1. The van der Waals surface area contributed by atoms with Crippen LogP contribution in [0.25, 0.3) is 0 Å². The second kappa shape index (κ2) is 6.90. The van der Waals surface area contributed by atoms with Gasteiger partial charge in [-0.3, -0.25) is 19.3 Å². The topological polar surface area (TPSA) is 88.8 Å². The minimum Gasteiger partial charge on any atom is -0.478 e. The van der Waals surface area contributed by atoms with Crippen LogP contribution in [-0.4, -0.2) is 36.3 Å². The zero-order valence-corrected chi connectivity index (χ0v) is 14.9. The number of ketones is 1.